The molecular weight excluding hydrogens is 258 g/mol. The highest BCUT2D eigenvalue weighted by molar-refractivity contribution is 7.16. The molecule has 2 heterocycles. The Bertz CT molecular complexity index is 565. The minimum atomic E-state index is 0.611. The first-order chi connectivity index (χ1) is 9.20. The van der Waals surface area contributed by atoms with Crippen LogP contribution in [0.25, 0.3) is 10.2 Å². The van der Waals surface area contributed by atoms with Gasteiger partial charge >= 0.3 is 0 Å². The zero-order chi connectivity index (χ0) is 13.7. The van der Waals surface area contributed by atoms with Crippen LogP contribution in [0.5, 0.6) is 0 Å². The predicted molar refractivity (Wildman–Crippen MR) is 80.9 cm³/mol. The van der Waals surface area contributed by atoms with Crippen LogP contribution in [0.15, 0.2) is 23.6 Å². The summed E-state index contributed by atoms with van der Waals surface area (Å²) in [5.74, 6) is 1.78. The minimum absolute atomic E-state index is 0.611. The van der Waals surface area contributed by atoms with Crippen molar-refractivity contribution in [3.63, 3.8) is 0 Å². The van der Waals surface area contributed by atoms with Gasteiger partial charge in [-0.1, -0.05) is 19.1 Å². The summed E-state index contributed by atoms with van der Waals surface area (Å²) in [6.07, 6.45) is 0.842. The van der Waals surface area contributed by atoms with E-state index in [4.69, 9.17) is 4.74 Å². The molecule has 0 radical (unpaired) electrons. The van der Waals surface area contributed by atoms with Gasteiger partial charge in [-0.25, -0.2) is 9.97 Å². The number of rotatable bonds is 7. The summed E-state index contributed by atoms with van der Waals surface area (Å²) in [5, 5.41) is 6.45. The lowest BCUT2D eigenvalue weighted by atomic mass is 10.3. The SMILES string of the molecule is C=C(C)COCCNc1nc(CC)nc2sccc12. The van der Waals surface area contributed by atoms with Gasteiger partial charge in [0.05, 0.1) is 18.6 Å². The maximum Gasteiger partial charge on any atom is 0.138 e. The fourth-order valence-electron chi connectivity index (χ4n) is 1.68. The van der Waals surface area contributed by atoms with Crippen LogP contribution in [0.4, 0.5) is 5.82 Å². The highest BCUT2D eigenvalue weighted by atomic mass is 32.1. The molecule has 102 valence electrons. The molecule has 2 rings (SSSR count). The number of aryl methyl sites for hydroxylation is 1. The molecule has 0 aromatic carbocycles. The molecule has 0 amide bonds. The van der Waals surface area contributed by atoms with Gasteiger partial charge in [-0.05, 0) is 18.4 Å². The molecule has 0 fully saturated rings. The van der Waals surface area contributed by atoms with E-state index in [0.717, 1.165) is 40.4 Å². The van der Waals surface area contributed by atoms with Crippen LogP contribution < -0.4 is 5.32 Å². The second-order valence-electron chi connectivity index (χ2n) is 4.42. The maximum atomic E-state index is 5.46. The average molecular weight is 277 g/mol. The predicted octanol–water partition coefficient (Wildman–Crippen LogP) is 3.26. The summed E-state index contributed by atoms with van der Waals surface area (Å²) in [4.78, 5) is 10.1. The first-order valence-corrected chi connectivity index (χ1v) is 7.28. The fraction of sp³-hybridized carbons (Fsp3) is 0.429. The Morgan fingerprint density at radius 2 is 2.32 bits per heavy atom. The van der Waals surface area contributed by atoms with Crippen molar-refractivity contribution in [1.29, 1.82) is 0 Å². The number of aromatic nitrogens is 2. The van der Waals surface area contributed by atoms with E-state index >= 15 is 0 Å². The van der Waals surface area contributed by atoms with Gasteiger partial charge in [0.1, 0.15) is 16.5 Å². The maximum absolute atomic E-state index is 5.46. The standard InChI is InChI=1S/C14H19N3OS/c1-4-12-16-13(11-5-8-19-14(11)17-12)15-6-7-18-9-10(2)3/h5,8H,2,4,6-7,9H2,1,3H3,(H,15,16,17). The van der Waals surface area contributed by atoms with E-state index < -0.39 is 0 Å². The molecule has 0 bridgehead atoms. The first kappa shape index (κ1) is 14.0. The van der Waals surface area contributed by atoms with Gasteiger partial charge in [0.2, 0.25) is 0 Å². The van der Waals surface area contributed by atoms with Crippen LogP contribution in [0.1, 0.15) is 19.7 Å². The Hall–Kier alpha value is -1.46. The Balaban J connectivity index is 1.99. The van der Waals surface area contributed by atoms with Crippen molar-refractivity contribution in [3.8, 4) is 0 Å². The van der Waals surface area contributed by atoms with Crippen molar-refractivity contribution in [2.24, 2.45) is 0 Å². The Morgan fingerprint density at radius 1 is 1.47 bits per heavy atom. The summed E-state index contributed by atoms with van der Waals surface area (Å²) in [6, 6.07) is 2.05. The number of ether oxygens (including phenoxy) is 1. The van der Waals surface area contributed by atoms with E-state index in [0.29, 0.717) is 13.2 Å². The van der Waals surface area contributed by atoms with Crippen molar-refractivity contribution in [3.05, 3.63) is 29.4 Å². The molecular formula is C14H19N3OS. The number of anilines is 1. The zero-order valence-electron chi connectivity index (χ0n) is 11.4. The van der Waals surface area contributed by atoms with Crippen LogP contribution >= 0.6 is 11.3 Å². The number of fused-ring (bicyclic) bond motifs is 1. The molecule has 0 saturated heterocycles. The lowest BCUT2D eigenvalue weighted by molar-refractivity contribution is 0.167. The van der Waals surface area contributed by atoms with Crippen LogP contribution in [0.3, 0.4) is 0 Å². The van der Waals surface area contributed by atoms with E-state index in [9.17, 15) is 0 Å². The topological polar surface area (TPSA) is 47.0 Å². The Kier molecular flexibility index (Phi) is 4.87. The molecule has 0 aliphatic carbocycles. The third-order valence-corrected chi connectivity index (χ3v) is 3.38. The molecule has 0 saturated carbocycles. The van der Waals surface area contributed by atoms with Crippen LogP contribution in [0, 0.1) is 0 Å². The lowest BCUT2D eigenvalue weighted by Gasteiger charge is -2.08. The lowest BCUT2D eigenvalue weighted by Crippen LogP contribution is -2.12. The molecule has 0 unspecified atom stereocenters. The Morgan fingerprint density at radius 3 is 3.05 bits per heavy atom. The molecule has 0 aliphatic rings. The quantitative estimate of drug-likeness (QED) is 0.623. The van der Waals surface area contributed by atoms with Crippen molar-refractivity contribution in [2.75, 3.05) is 25.1 Å². The molecule has 4 nitrogen and oxygen atoms in total. The second kappa shape index (κ2) is 6.63. The van der Waals surface area contributed by atoms with Gasteiger partial charge in [-0.15, -0.1) is 11.3 Å². The molecule has 0 atom stereocenters. The zero-order valence-corrected chi connectivity index (χ0v) is 12.2. The second-order valence-corrected chi connectivity index (χ2v) is 5.31. The molecule has 0 aliphatic heterocycles. The summed E-state index contributed by atoms with van der Waals surface area (Å²) < 4.78 is 5.46. The first-order valence-electron chi connectivity index (χ1n) is 6.40. The van der Waals surface area contributed by atoms with Crippen molar-refractivity contribution in [2.45, 2.75) is 20.3 Å². The van der Waals surface area contributed by atoms with E-state index in [-0.39, 0.29) is 0 Å². The number of hydrogen-bond acceptors (Lipinski definition) is 5. The van der Waals surface area contributed by atoms with Crippen molar-refractivity contribution < 1.29 is 4.74 Å². The normalized spacial score (nSPS) is 10.8. The summed E-state index contributed by atoms with van der Waals surface area (Å²) in [5.41, 5.74) is 1.04. The Labute approximate surface area is 117 Å². The van der Waals surface area contributed by atoms with Crippen molar-refractivity contribution in [1.82, 2.24) is 9.97 Å². The summed E-state index contributed by atoms with van der Waals surface area (Å²) >= 11 is 1.64. The van der Waals surface area contributed by atoms with Crippen LogP contribution in [-0.4, -0.2) is 29.7 Å². The van der Waals surface area contributed by atoms with E-state index in [1.807, 2.05) is 12.3 Å². The third kappa shape index (κ3) is 3.75. The monoisotopic (exact) mass is 277 g/mol. The van der Waals surface area contributed by atoms with E-state index in [1.54, 1.807) is 11.3 Å². The smallest absolute Gasteiger partial charge is 0.138 e. The summed E-state index contributed by atoms with van der Waals surface area (Å²) in [6.45, 7) is 9.81. The van der Waals surface area contributed by atoms with E-state index in [1.165, 1.54) is 0 Å². The van der Waals surface area contributed by atoms with Crippen LogP contribution in [-0.2, 0) is 11.2 Å². The highest BCUT2D eigenvalue weighted by Gasteiger charge is 2.07. The molecule has 19 heavy (non-hydrogen) atoms. The summed E-state index contributed by atoms with van der Waals surface area (Å²) in [7, 11) is 0. The molecule has 2 aromatic rings. The van der Waals surface area contributed by atoms with Gasteiger partial charge in [-0.3, -0.25) is 0 Å². The number of hydrogen-bond donors (Lipinski definition) is 1. The van der Waals surface area contributed by atoms with Gasteiger partial charge < -0.3 is 10.1 Å². The third-order valence-electron chi connectivity index (χ3n) is 2.57. The molecule has 5 heteroatoms. The molecule has 1 N–H and O–H groups in total. The van der Waals surface area contributed by atoms with Crippen molar-refractivity contribution >= 4 is 27.4 Å². The van der Waals surface area contributed by atoms with Gasteiger partial charge in [-0.2, -0.15) is 0 Å². The largest absolute Gasteiger partial charge is 0.375 e. The highest BCUT2D eigenvalue weighted by Crippen LogP contribution is 2.24. The van der Waals surface area contributed by atoms with Gasteiger partial charge in [0, 0.05) is 13.0 Å². The van der Waals surface area contributed by atoms with E-state index in [2.05, 4.69) is 34.9 Å². The fourth-order valence-corrected chi connectivity index (χ4v) is 2.46. The van der Waals surface area contributed by atoms with Crippen LogP contribution in [0.2, 0.25) is 0 Å². The number of nitrogens with one attached hydrogen (secondary N) is 1. The minimum Gasteiger partial charge on any atom is -0.375 e. The molecule has 2 aromatic heterocycles. The van der Waals surface area contributed by atoms with Gasteiger partial charge in [0.25, 0.3) is 0 Å². The number of thiophene rings is 1. The average Bonchev–Trinajstić information content (AvgIpc) is 2.85. The van der Waals surface area contributed by atoms with Gasteiger partial charge in [0.15, 0.2) is 0 Å². The molecule has 0 spiro atoms. The number of nitrogens with zero attached hydrogens (tertiary/aromatic N) is 2.